The van der Waals surface area contributed by atoms with Crippen LogP contribution >= 0.6 is 0 Å². The van der Waals surface area contributed by atoms with Crippen LogP contribution in [0, 0.1) is 6.92 Å². The molecule has 0 aromatic heterocycles. The molecule has 1 fully saturated rings. The highest BCUT2D eigenvalue weighted by atomic mass is 32.2. The molecule has 2 rings (SSSR count). The van der Waals surface area contributed by atoms with Crippen molar-refractivity contribution in [3.8, 4) is 5.75 Å². The third-order valence-electron chi connectivity index (χ3n) is 4.31. The highest BCUT2D eigenvalue weighted by Gasteiger charge is 2.36. The topological polar surface area (TPSA) is 119 Å². The number of anilines is 1. The molecule has 1 saturated heterocycles. The van der Waals surface area contributed by atoms with E-state index < -0.39 is 38.8 Å². The quantitative estimate of drug-likeness (QED) is 0.728. The number of carbonyl (C=O) groups excluding carboxylic acids is 1. The number of hydrogen-bond donors (Lipinski definition) is 2. The Labute approximate surface area is 152 Å². The maximum absolute atomic E-state index is 12.6. The Morgan fingerprint density at radius 1 is 1.35 bits per heavy atom. The number of ether oxygens (including phenoxy) is 2. The van der Waals surface area contributed by atoms with Gasteiger partial charge in [-0.3, -0.25) is 4.79 Å². The van der Waals surface area contributed by atoms with Gasteiger partial charge in [0.1, 0.15) is 11.0 Å². The summed E-state index contributed by atoms with van der Waals surface area (Å²) in [6.07, 6.45) is 0.795. The van der Waals surface area contributed by atoms with E-state index >= 15 is 0 Å². The zero-order valence-electron chi connectivity index (χ0n) is 14.7. The molecule has 0 spiro atoms. The molecule has 1 aromatic carbocycles. The minimum Gasteiger partial charge on any atom is -0.482 e. The highest BCUT2D eigenvalue weighted by Crippen LogP contribution is 2.24. The average molecular weight is 385 g/mol. The summed E-state index contributed by atoms with van der Waals surface area (Å²) < 4.78 is 35.5. The van der Waals surface area contributed by atoms with E-state index in [4.69, 9.17) is 14.6 Å². The van der Waals surface area contributed by atoms with E-state index in [0.29, 0.717) is 43.1 Å². The van der Waals surface area contributed by atoms with Crippen molar-refractivity contribution < 1.29 is 32.6 Å². The van der Waals surface area contributed by atoms with E-state index in [9.17, 15) is 18.0 Å². The minimum absolute atomic E-state index is 0.353. The molecule has 1 heterocycles. The van der Waals surface area contributed by atoms with Crippen LogP contribution in [-0.2, 0) is 24.2 Å². The lowest BCUT2D eigenvalue weighted by Crippen LogP contribution is -2.41. The molecule has 1 amide bonds. The van der Waals surface area contributed by atoms with Gasteiger partial charge in [0.2, 0.25) is 5.91 Å². The first kappa shape index (κ1) is 20.2. The van der Waals surface area contributed by atoms with Crippen LogP contribution in [0.1, 0.15) is 25.3 Å². The number of benzene rings is 1. The van der Waals surface area contributed by atoms with Gasteiger partial charge in [0.05, 0.1) is 5.25 Å². The fraction of sp³-hybridized carbons (Fsp3) is 0.529. The highest BCUT2D eigenvalue weighted by molar-refractivity contribution is 7.93. The molecule has 9 heteroatoms. The van der Waals surface area contributed by atoms with Gasteiger partial charge in [-0.1, -0.05) is 0 Å². The van der Waals surface area contributed by atoms with Gasteiger partial charge in [0.15, 0.2) is 16.4 Å². The van der Waals surface area contributed by atoms with Crippen molar-refractivity contribution in [1.82, 2.24) is 0 Å². The van der Waals surface area contributed by atoms with E-state index in [-0.39, 0.29) is 0 Å². The van der Waals surface area contributed by atoms with E-state index in [1.54, 1.807) is 19.1 Å². The lowest BCUT2D eigenvalue weighted by molar-refractivity contribution is -0.139. The number of carbonyl (C=O) groups is 2. The first-order chi connectivity index (χ1) is 12.2. The minimum atomic E-state index is -3.60. The molecule has 0 saturated carbocycles. The second-order valence-corrected chi connectivity index (χ2v) is 8.74. The van der Waals surface area contributed by atoms with Crippen LogP contribution in [0.5, 0.6) is 5.75 Å². The first-order valence-corrected chi connectivity index (χ1v) is 9.89. The van der Waals surface area contributed by atoms with Crippen LogP contribution < -0.4 is 10.1 Å². The van der Waals surface area contributed by atoms with Gasteiger partial charge in [0.25, 0.3) is 0 Å². The largest absolute Gasteiger partial charge is 0.482 e. The zero-order valence-corrected chi connectivity index (χ0v) is 15.5. The van der Waals surface area contributed by atoms with Gasteiger partial charge in [-0.25, -0.2) is 13.2 Å². The smallest absolute Gasteiger partial charge is 0.341 e. The monoisotopic (exact) mass is 385 g/mol. The third-order valence-corrected chi connectivity index (χ3v) is 6.91. The molecular weight excluding hydrogens is 362 g/mol. The Kier molecular flexibility index (Phi) is 6.60. The molecule has 144 valence electrons. The van der Waals surface area contributed by atoms with Crippen molar-refractivity contribution in [2.45, 2.75) is 37.2 Å². The maximum atomic E-state index is 12.6. The molecule has 2 N–H and O–H groups in total. The maximum Gasteiger partial charge on any atom is 0.341 e. The lowest BCUT2D eigenvalue weighted by atomic mass is 10.2. The summed E-state index contributed by atoms with van der Waals surface area (Å²) in [6, 6.07) is 4.65. The van der Waals surface area contributed by atoms with Crippen LogP contribution in [0.3, 0.4) is 0 Å². The Hall–Kier alpha value is -2.13. The first-order valence-electron chi connectivity index (χ1n) is 8.28. The number of sulfone groups is 1. The molecule has 1 unspecified atom stereocenters. The van der Waals surface area contributed by atoms with Crippen LogP contribution in [0.15, 0.2) is 18.2 Å². The molecule has 1 aromatic rings. The van der Waals surface area contributed by atoms with Crippen molar-refractivity contribution in [2.24, 2.45) is 0 Å². The summed E-state index contributed by atoms with van der Waals surface area (Å²) in [5.74, 6) is -1.34. The third kappa shape index (κ3) is 4.95. The van der Waals surface area contributed by atoms with Gasteiger partial charge in [-0.2, -0.15) is 0 Å². The second kappa shape index (κ2) is 8.50. The van der Waals surface area contributed by atoms with Crippen molar-refractivity contribution in [3.63, 3.8) is 0 Å². The van der Waals surface area contributed by atoms with Gasteiger partial charge in [0, 0.05) is 18.9 Å². The fourth-order valence-corrected chi connectivity index (χ4v) is 4.47. The Morgan fingerprint density at radius 2 is 2.00 bits per heavy atom. The Bertz CT molecular complexity index is 769. The van der Waals surface area contributed by atoms with Crippen LogP contribution in [0.25, 0.3) is 0 Å². The number of aryl methyl sites for hydroxylation is 1. The lowest BCUT2D eigenvalue weighted by Gasteiger charge is -2.25. The number of amides is 1. The van der Waals surface area contributed by atoms with E-state index in [1.165, 1.54) is 13.0 Å². The van der Waals surface area contributed by atoms with Gasteiger partial charge in [-0.15, -0.1) is 0 Å². The second-order valence-electron chi connectivity index (χ2n) is 6.19. The number of nitrogens with one attached hydrogen (secondary N) is 1. The van der Waals surface area contributed by atoms with E-state index in [2.05, 4.69) is 5.32 Å². The van der Waals surface area contributed by atoms with E-state index in [1.807, 2.05) is 0 Å². The number of carboxylic acids is 1. The SMILES string of the molecule is Cc1cc(OCC(=O)O)ccc1NC(=O)C(C)S(=O)(=O)C1CCOCC1. The molecule has 26 heavy (non-hydrogen) atoms. The Balaban J connectivity index is 2.05. The summed E-state index contributed by atoms with van der Waals surface area (Å²) in [7, 11) is -3.60. The number of rotatable bonds is 7. The van der Waals surface area contributed by atoms with Crippen LogP contribution in [0.2, 0.25) is 0 Å². The molecule has 1 aliphatic rings. The summed E-state index contributed by atoms with van der Waals surface area (Å²) in [4.78, 5) is 22.9. The van der Waals surface area contributed by atoms with Gasteiger partial charge >= 0.3 is 5.97 Å². The Morgan fingerprint density at radius 3 is 2.58 bits per heavy atom. The van der Waals surface area contributed by atoms with Gasteiger partial charge < -0.3 is 19.9 Å². The fourth-order valence-electron chi connectivity index (χ4n) is 2.69. The van der Waals surface area contributed by atoms with Crippen LogP contribution in [-0.4, -0.2) is 55.7 Å². The number of carboxylic acid groups (broad SMARTS) is 1. The van der Waals surface area contributed by atoms with Crippen molar-refractivity contribution in [1.29, 1.82) is 0 Å². The molecule has 1 aliphatic heterocycles. The van der Waals surface area contributed by atoms with Gasteiger partial charge in [-0.05, 0) is 50.5 Å². The summed E-state index contributed by atoms with van der Waals surface area (Å²) >= 11 is 0. The standard InChI is InChI=1S/C17H23NO7S/c1-11-9-13(25-10-16(19)20)3-4-15(11)18-17(21)12(2)26(22,23)14-5-7-24-8-6-14/h3-4,9,12,14H,5-8,10H2,1-2H3,(H,18,21)(H,19,20). The van der Waals surface area contributed by atoms with Crippen molar-refractivity contribution in [3.05, 3.63) is 23.8 Å². The van der Waals surface area contributed by atoms with Crippen molar-refractivity contribution in [2.75, 3.05) is 25.1 Å². The molecule has 0 bridgehead atoms. The normalized spacial score (nSPS) is 16.7. The summed E-state index contributed by atoms with van der Waals surface area (Å²) in [5, 5.41) is 9.50. The average Bonchev–Trinajstić information content (AvgIpc) is 2.61. The molecule has 8 nitrogen and oxygen atoms in total. The number of hydrogen-bond acceptors (Lipinski definition) is 6. The predicted molar refractivity (Wildman–Crippen MR) is 95.2 cm³/mol. The van der Waals surface area contributed by atoms with E-state index in [0.717, 1.165) is 0 Å². The number of aliphatic carboxylic acids is 1. The molecule has 0 radical (unpaired) electrons. The molecule has 1 atom stereocenters. The summed E-state index contributed by atoms with van der Waals surface area (Å²) in [5.41, 5.74) is 1.09. The predicted octanol–water partition coefficient (Wildman–Crippen LogP) is 1.38. The molecule has 0 aliphatic carbocycles. The molecular formula is C17H23NO7S. The van der Waals surface area contributed by atoms with Crippen LogP contribution in [0.4, 0.5) is 5.69 Å². The zero-order chi connectivity index (χ0) is 19.3. The van der Waals surface area contributed by atoms with Crippen molar-refractivity contribution >= 4 is 27.4 Å². The summed E-state index contributed by atoms with van der Waals surface area (Å²) in [6.45, 7) is 3.40.